The summed E-state index contributed by atoms with van der Waals surface area (Å²) in [6.07, 6.45) is 14.7. The normalized spacial score (nSPS) is 23.0. The van der Waals surface area contributed by atoms with E-state index in [0.29, 0.717) is 66.1 Å². The first-order valence-corrected chi connectivity index (χ1v) is 22.5. The number of carboxylic acids is 1. The average Bonchev–Trinajstić information content (AvgIpc) is 3.71. The molecule has 0 spiro atoms. The van der Waals surface area contributed by atoms with Gasteiger partial charge in [-0.25, -0.2) is 4.79 Å². The number of aliphatic carboxylic acids is 1. The van der Waals surface area contributed by atoms with Gasteiger partial charge < -0.3 is 44.8 Å². The Balaban J connectivity index is 0.000000239. The molecule has 63 heavy (non-hydrogen) atoms. The molecule has 0 saturated heterocycles. The number of rotatable bonds is 15. The van der Waals surface area contributed by atoms with Crippen molar-refractivity contribution in [2.75, 3.05) is 6.54 Å². The molecule has 2 aromatic carbocycles. The van der Waals surface area contributed by atoms with Crippen LogP contribution in [0.25, 0.3) is 0 Å². The van der Waals surface area contributed by atoms with Crippen molar-refractivity contribution in [2.45, 2.75) is 176 Å². The molecule has 0 radical (unpaired) electrons. The SMILES string of the molecule is CC(C)=CCC/C(C)=C/CCC1(C)Oc2c(c(O)cc3c2CN(C(C)C(=O)O)C3=O)CC1O.CCN1Cc2c(cc(O)c3c2OC(C)(CC/C=C(\C)CCC=C(C)C)C(O)C3)C1=O. The van der Waals surface area contributed by atoms with Crippen LogP contribution in [0.15, 0.2) is 58.7 Å². The number of ether oxygens (including phenoxy) is 2. The maximum Gasteiger partial charge on any atom is 0.326 e. The van der Waals surface area contributed by atoms with Gasteiger partial charge in [0, 0.05) is 41.6 Å². The van der Waals surface area contributed by atoms with Gasteiger partial charge in [0.2, 0.25) is 0 Å². The lowest BCUT2D eigenvalue weighted by Gasteiger charge is -2.41. The van der Waals surface area contributed by atoms with Crippen molar-refractivity contribution in [1.82, 2.24) is 9.80 Å². The molecule has 4 aliphatic rings. The molecule has 5 N–H and O–H groups in total. The number of hydrogen-bond acceptors (Lipinski definition) is 9. The summed E-state index contributed by atoms with van der Waals surface area (Å²) in [7, 11) is 0. The number of aromatic hydroxyl groups is 2. The van der Waals surface area contributed by atoms with Crippen LogP contribution in [0.1, 0.15) is 164 Å². The van der Waals surface area contributed by atoms with Crippen LogP contribution >= 0.6 is 0 Å². The Morgan fingerprint density at radius 1 is 0.714 bits per heavy atom. The number of phenols is 2. The zero-order chi connectivity index (χ0) is 46.6. The first kappa shape index (κ1) is 49.0. The Morgan fingerprint density at radius 3 is 1.56 bits per heavy atom. The number of fused-ring (bicyclic) bond motifs is 6. The Morgan fingerprint density at radius 2 is 1.14 bits per heavy atom. The number of nitrogens with zero attached hydrogens (tertiary/aromatic N) is 2. The van der Waals surface area contributed by atoms with E-state index in [2.05, 4.69) is 65.8 Å². The van der Waals surface area contributed by atoms with Crippen LogP contribution in [0.4, 0.5) is 0 Å². The molecule has 0 aliphatic carbocycles. The number of hydrogen-bond donors (Lipinski definition) is 5. The van der Waals surface area contributed by atoms with E-state index in [-0.39, 0.29) is 35.9 Å². The Labute approximate surface area is 373 Å². The molecule has 4 aliphatic heterocycles. The number of phenolic OH excluding ortho intramolecular Hbond substituents is 2. The molecule has 5 unspecified atom stereocenters. The highest BCUT2D eigenvalue weighted by Crippen LogP contribution is 2.48. The molecule has 6 rings (SSSR count). The second-order valence-electron chi connectivity index (χ2n) is 18.8. The molecule has 4 heterocycles. The number of carboxylic acid groups (broad SMARTS) is 1. The first-order valence-electron chi connectivity index (χ1n) is 22.5. The van der Waals surface area contributed by atoms with Crippen LogP contribution in [0, 0.1) is 0 Å². The predicted octanol–water partition coefficient (Wildman–Crippen LogP) is 9.24. The van der Waals surface area contributed by atoms with Gasteiger partial charge in [0.05, 0.1) is 36.4 Å². The van der Waals surface area contributed by atoms with Gasteiger partial charge >= 0.3 is 5.97 Å². The molecule has 0 saturated carbocycles. The minimum atomic E-state index is -1.10. The van der Waals surface area contributed by atoms with Gasteiger partial charge in [-0.05, 0) is 133 Å². The third kappa shape index (κ3) is 11.0. The predicted molar refractivity (Wildman–Crippen MR) is 244 cm³/mol. The van der Waals surface area contributed by atoms with E-state index in [4.69, 9.17) is 9.47 Å². The second kappa shape index (κ2) is 20.2. The zero-order valence-corrected chi connectivity index (χ0v) is 39.1. The van der Waals surface area contributed by atoms with Gasteiger partial charge in [-0.1, -0.05) is 46.6 Å². The smallest absolute Gasteiger partial charge is 0.326 e. The van der Waals surface area contributed by atoms with Crippen molar-refractivity contribution in [3.8, 4) is 23.0 Å². The highest BCUT2D eigenvalue weighted by atomic mass is 16.5. The molecular formula is C51H70N2O10. The van der Waals surface area contributed by atoms with Crippen LogP contribution in [-0.4, -0.2) is 89.1 Å². The fourth-order valence-electron chi connectivity index (χ4n) is 8.78. The molecule has 2 aromatic rings. The van der Waals surface area contributed by atoms with Crippen molar-refractivity contribution in [2.24, 2.45) is 0 Å². The molecule has 0 fully saturated rings. The quantitative estimate of drug-likeness (QED) is 0.108. The van der Waals surface area contributed by atoms with Crippen LogP contribution < -0.4 is 9.47 Å². The highest BCUT2D eigenvalue weighted by Gasteiger charge is 2.46. The highest BCUT2D eigenvalue weighted by molar-refractivity contribution is 6.02. The van der Waals surface area contributed by atoms with E-state index in [1.807, 2.05) is 20.8 Å². The summed E-state index contributed by atoms with van der Waals surface area (Å²) in [5, 5.41) is 52.1. The van der Waals surface area contributed by atoms with Crippen molar-refractivity contribution in [3.05, 3.63) is 92.1 Å². The summed E-state index contributed by atoms with van der Waals surface area (Å²) < 4.78 is 12.7. The summed E-state index contributed by atoms with van der Waals surface area (Å²) in [6.45, 7) is 21.0. The molecule has 12 nitrogen and oxygen atoms in total. The van der Waals surface area contributed by atoms with Gasteiger partial charge in [-0.15, -0.1) is 0 Å². The summed E-state index contributed by atoms with van der Waals surface area (Å²) >= 11 is 0. The molecule has 0 bridgehead atoms. The van der Waals surface area contributed by atoms with E-state index in [1.165, 1.54) is 46.2 Å². The monoisotopic (exact) mass is 871 g/mol. The molecule has 12 heteroatoms. The molecular weight excluding hydrogens is 801 g/mol. The fourth-order valence-corrected chi connectivity index (χ4v) is 8.78. The standard InChI is InChI=1S/C26H35NO6.C25H35NO4/c1-15(2)8-6-9-16(3)10-7-11-26(5)22(29)13-19-21(28)12-18-20(23(19)33-26)14-27(24(18)30)17(4)25(31)32;1-6-26-15-20-18(24(26)29)13-21(27)19-14-22(28)25(5,30-23(19)20)12-8-11-17(4)10-7-9-16(2)3/h8,10,12,17,22,28-29H,6-7,9,11,13-14H2,1-5H3,(H,31,32);9,11,13,22,27-28H,6-8,10,12,14-15H2,1-5H3/b16-10+;17-11+. The van der Waals surface area contributed by atoms with Crippen LogP contribution in [0.5, 0.6) is 23.0 Å². The lowest BCUT2D eigenvalue weighted by molar-refractivity contribution is -0.141. The van der Waals surface area contributed by atoms with Crippen LogP contribution in [0.2, 0.25) is 0 Å². The van der Waals surface area contributed by atoms with Crippen LogP contribution in [-0.2, 0) is 30.7 Å². The molecule has 0 aromatic heterocycles. The van der Waals surface area contributed by atoms with Gasteiger partial charge in [-0.2, -0.15) is 0 Å². The zero-order valence-electron chi connectivity index (χ0n) is 39.1. The van der Waals surface area contributed by atoms with E-state index >= 15 is 0 Å². The minimum absolute atomic E-state index is 0.0335. The lowest BCUT2D eigenvalue weighted by atomic mass is 9.84. The largest absolute Gasteiger partial charge is 0.508 e. The molecule has 2 amide bonds. The average molecular weight is 871 g/mol. The molecule has 5 atom stereocenters. The van der Waals surface area contributed by atoms with Crippen molar-refractivity contribution < 1.29 is 49.4 Å². The topological polar surface area (TPSA) is 177 Å². The summed E-state index contributed by atoms with van der Waals surface area (Å²) in [4.78, 5) is 39.8. The van der Waals surface area contributed by atoms with Gasteiger partial charge in [-0.3, -0.25) is 9.59 Å². The first-order chi connectivity index (χ1) is 29.6. The maximum absolute atomic E-state index is 12.8. The number of aliphatic hydroxyl groups is 2. The van der Waals surface area contributed by atoms with Gasteiger partial charge in [0.1, 0.15) is 40.2 Å². The maximum atomic E-state index is 12.8. The third-order valence-corrected chi connectivity index (χ3v) is 13.1. The second-order valence-corrected chi connectivity index (χ2v) is 18.8. The number of aliphatic hydroxyl groups excluding tert-OH is 2. The van der Waals surface area contributed by atoms with Gasteiger partial charge in [0.25, 0.3) is 11.8 Å². The third-order valence-electron chi connectivity index (χ3n) is 13.1. The van der Waals surface area contributed by atoms with Gasteiger partial charge in [0.15, 0.2) is 0 Å². The van der Waals surface area contributed by atoms with Crippen molar-refractivity contribution in [3.63, 3.8) is 0 Å². The Hall–Kier alpha value is -5.07. The Kier molecular flexibility index (Phi) is 15.7. The van der Waals surface area contributed by atoms with Crippen LogP contribution in [0.3, 0.4) is 0 Å². The molecule has 344 valence electrons. The lowest BCUT2D eigenvalue weighted by Crippen LogP contribution is -2.49. The Bertz CT molecular complexity index is 2190. The number of carbonyl (C=O) groups excluding carboxylic acids is 2. The number of allylic oxidation sites excluding steroid dienone is 8. The number of carbonyl (C=O) groups is 3. The fraction of sp³-hybridized carbons (Fsp3) is 0.549. The summed E-state index contributed by atoms with van der Waals surface area (Å²) in [5.41, 5.74) is 6.87. The summed E-state index contributed by atoms with van der Waals surface area (Å²) in [6, 6.07) is 1.90. The minimum Gasteiger partial charge on any atom is -0.508 e. The number of benzene rings is 2. The van der Waals surface area contributed by atoms with E-state index in [9.17, 15) is 39.9 Å². The van der Waals surface area contributed by atoms with Crippen molar-refractivity contribution >= 4 is 17.8 Å². The van der Waals surface area contributed by atoms with E-state index in [1.54, 1.807) is 4.90 Å². The summed E-state index contributed by atoms with van der Waals surface area (Å²) in [5.74, 6) is -0.700. The number of amides is 2. The van der Waals surface area contributed by atoms with Crippen molar-refractivity contribution in [1.29, 1.82) is 0 Å². The van der Waals surface area contributed by atoms with E-state index < -0.39 is 41.3 Å². The van der Waals surface area contributed by atoms with E-state index in [0.717, 1.165) is 44.1 Å².